The summed E-state index contributed by atoms with van der Waals surface area (Å²) >= 11 is 6.49. The highest BCUT2D eigenvalue weighted by Gasteiger charge is 2.35. The SMILES string of the molecule is O=C(NCC(c1cnc(C(F)(F)F)nc1)N1CCCCC1)c1c(Cl)ccc2nc(NCCN3CCOCC3)ccc12. The van der Waals surface area contributed by atoms with Gasteiger partial charge in [-0.1, -0.05) is 18.0 Å². The molecule has 0 aliphatic carbocycles. The van der Waals surface area contributed by atoms with Gasteiger partial charge in [0.25, 0.3) is 5.91 Å². The fraction of sp³-hybridized carbons (Fsp3) is 0.500. The number of aromatic nitrogens is 3. The molecule has 2 fully saturated rings. The first-order valence-electron chi connectivity index (χ1n) is 13.8. The van der Waals surface area contributed by atoms with Crippen LogP contribution in [0.15, 0.2) is 36.7 Å². The molecule has 1 aromatic carbocycles. The lowest BCUT2D eigenvalue weighted by molar-refractivity contribution is -0.145. The zero-order valence-corrected chi connectivity index (χ0v) is 23.3. The first kappa shape index (κ1) is 29.4. The maximum absolute atomic E-state index is 13.5. The molecule has 0 spiro atoms. The Hall–Kier alpha value is -3.06. The van der Waals surface area contributed by atoms with Crippen molar-refractivity contribution >= 4 is 34.2 Å². The van der Waals surface area contributed by atoms with Gasteiger partial charge in [-0.05, 0) is 50.2 Å². The molecular formula is C28H33ClF3N7O2. The topological polar surface area (TPSA) is 95.5 Å². The number of nitrogens with zero attached hydrogens (tertiary/aromatic N) is 5. The number of carbonyl (C=O) groups excluding carboxylic acids is 1. The number of rotatable bonds is 9. The Balaban J connectivity index is 1.29. The number of likely N-dealkylation sites (tertiary alicyclic amines) is 1. The minimum atomic E-state index is -4.62. The summed E-state index contributed by atoms with van der Waals surface area (Å²) in [6, 6.07) is 6.69. The molecule has 4 heterocycles. The van der Waals surface area contributed by atoms with Crippen LogP contribution in [0.25, 0.3) is 10.9 Å². The van der Waals surface area contributed by atoms with E-state index in [-0.39, 0.29) is 23.5 Å². The van der Waals surface area contributed by atoms with E-state index in [1.54, 1.807) is 12.1 Å². The molecule has 0 saturated carbocycles. The summed E-state index contributed by atoms with van der Waals surface area (Å²) in [6.45, 7) is 6.61. The standard InChI is InChI=1S/C28H33ClF3N7O2/c29-21-5-6-22-20(4-7-24(37-22)33-8-11-38-12-14-41-15-13-38)25(21)26(40)34-18-23(39-9-2-1-3-10-39)19-16-35-27(36-17-19)28(30,31)32/h4-7,16-17,23H,1-3,8-15,18H2,(H,33,37)(H,34,40). The van der Waals surface area contributed by atoms with Gasteiger partial charge < -0.3 is 15.4 Å². The first-order valence-corrected chi connectivity index (χ1v) is 14.2. The highest BCUT2D eigenvalue weighted by Crippen LogP contribution is 2.29. The number of halogens is 4. The van der Waals surface area contributed by atoms with Crippen molar-refractivity contribution in [1.29, 1.82) is 0 Å². The molecule has 41 heavy (non-hydrogen) atoms. The quantitative estimate of drug-likeness (QED) is 0.378. The molecule has 9 nitrogen and oxygen atoms in total. The van der Waals surface area contributed by atoms with Gasteiger partial charge in [-0.3, -0.25) is 14.6 Å². The fourth-order valence-electron chi connectivity index (χ4n) is 5.30. The van der Waals surface area contributed by atoms with E-state index < -0.39 is 12.0 Å². The molecule has 2 aromatic heterocycles. The molecular weight excluding hydrogens is 559 g/mol. The molecule has 2 aliphatic rings. The summed E-state index contributed by atoms with van der Waals surface area (Å²) in [5.41, 5.74) is 1.44. The van der Waals surface area contributed by atoms with Gasteiger partial charge in [0.1, 0.15) is 5.82 Å². The number of fused-ring (bicyclic) bond motifs is 1. The van der Waals surface area contributed by atoms with E-state index in [1.165, 1.54) is 12.4 Å². The Morgan fingerprint density at radius 3 is 2.46 bits per heavy atom. The Kier molecular flexibility index (Phi) is 9.53. The van der Waals surface area contributed by atoms with Gasteiger partial charge in [0.05, 0.1) is 35.4 Å². The third-order valence-electron chi connectivity index (χ3n) is 7.48. The number of morpholine rings is 1. The van der Waals surface area contributed by atoms with Crippen LogP contribution in [-0.2, 0) is 10.9 Å². The van der Waals surface area contributed by atoms with E-state index in [0.29, 0.717) is 27.8 Å². The van der Waals surface area contributed by atoms with Gasteiger partial charge in [0.2, 0.25) is 5.82 Å². The van der Waals surface area contributed by atoms with Crippen molar-refractivity contribution in [3.05, 3.63) is 58.6 Å². The zero-order valence-electron chi connectivity index (χ0n) is 22.6. The molecule has 1 unspecified atom stereocenters. The van der Waals surface area contributed by atoms with Crippen LogP contribution < -0.4 is 10.6 Å². The number of piperidine rings is 1. The summed E-state index contributed by atoms with van der Waals surface area (Å²) in [5.74, 6) is -0.871. The van der Waals surface area contributed by atoms with Crippen LogP contribution in [0.2, 0.25) is 5.02 Å². The molecule has 1 atom stereocenters. The van der Waals surface area contributed by atoms with Crippen molar-refractivity contribution < 1.29 is 22.7 Å². The summed E-state index contributed by atoms with van der Waals surface area (Å²) in [5, 5.41) is 7.20. The Morgan fingerprint density at radius 1 is 1.02 bits per heavy atom. The third-order valence-corrected chi connectivity index (χ3v) is 7.80. The monoisotopic (exact) mass is 591 g/mol. The average molecular weight is 592 g/mol. The van der Waals surface area contributed by atoms with Crippen LogP contribution in [0, 0.1) is 0 Å². The second-order valence-corrected chi connectivity index (χ2v) is 10.6. The Labute approximate surface area is 241 Å². The van der Waals surface area contributed by atoms with E-state index >= 15 is 0 Å². The number of hydrogen-bond acceptors (Lipinski definition) is 8. The predicted molar refractivity (Wildman–Crippen MR) is 150 cm³/mol. The van der Waals surface area contributed by atoms with Crippen LogP contribution in [0.1, 0.15) is 47.1 Å². The van der Waals surface area contributed by atoms with Gasteiger partial charge in [0, 0.05) is 56.1 Å². The summed E-state index contributed by atoms with van der Waals surface area (Å²) in [4.78, 5) is 29.7. The third kappa shape index (κ3) is 7.42. The summed E-state index contributed by atoms with van der Waals surface area (Å²) in [7, 11) is 0. The first-order chi connectivity index (χ1) is 19.8. The van der Waals surface area contributed by atoms with E-state index in [1.807, 2.05) is 12.1 Å². The molecule has 5 rings (SSSR count). The van der Waals surface area contributed by atoms with Crippen LogP contribution in [0.4, 0.5) is 19.0 Å². The molecule has 2 saturated heterocycles. The van der Waals surface area contributed by atoms with Gasteiger partial charge in [-0.2, -0.15) is 13.2 Å². The van der Waals surface area contributed by atoms with Crippen molar-refractivity contribution in [2.24, 2.45) is 0 Å². The van der Waals surface area contributed by atoms with Crippen molar-refractivity contribution in [2.45, 2.75) is 31.5 Å². The summed E-state index contributed by atoms with van der Waals surface area (Å²) in [6.07, 6.45) is 0.796. The molecule has 3 aromatic rings. The van der Waals surface area contributed by atoms with Crippen LogP contribution in [0.3, 0.4) is 0 Å². The maximum atomic E-state index is 13.5. The molecule has 1 amide bonds. The van der Waals surface area contributed by atoms with Crippen LogP contribution in [-0.4, -0.2) is 89.7 Å². The number of amides is 1. The van der Waals surface area contributed by atoms with Gasteiger partial charge in [-0.15, -0.1) is 0 Å². The normalized spacial score (nSPS) is 17.9. The van der Waals surface area contributed by atoms with Gasteiger partial charge >= 0.3 is 6.18 Å². The van der Waals surface area contributed by atoms with E-state index in [0.717, 1.165) is 71.7 Å². The minimum Gasteiger partial charge on any atom is -0.379 e. The number of ether oxygens (including phenoxy) is 1. The number of benzene rings is 1. The average Bonchev–Trinajstić information content (AvgIpc) is 2.98. The molecule has 0 radical (unpaired) electrons. The highest BCUT2D eigenvalue weighted by atomic mass is 35.5. The number of anilines is 1. The van der Waals surface area contributed by atoms with Crippen LogP contribution >= 0.6 is 11.6 Å². The van der Waals surface area contributed by atoms with Crippen LogP contribution in [0.5, 0.6) is 0 Å². The van der Waals surface area contributed by atoms with Gasteiger partial charge in [-0.25, -0.2) is 15.0 Å². The van der Waals surface area contributed by atoms with E-state index in [2.05, 4.69) is 35.4 Å². The predicted octanol–water partition coefficient (Wildman–Crippen LogP) is 4.40. The van der Waals surface area contributed by atoms with E-state index in [4.69, 9.17) is 16.3 Å². The second kappa shape index (κ2) is 13.3. The van der Waals surface area contributed by atoms with Gasteiger partial charge in [0.15, 0.2) is 0 Å². The molecule has 220 valence electrons. The lowest BCUT2D eigenvalue weighted by Gasteiger charge is -2.34. The maximum Gasteiger partial charge on any atom is 0.451 e. The summed E-state index contributed by atoms with van der Waals surface area (Å²) < 4.78 is 44.5. The number of hydrogen-bond donors (Lipinski definition) is 2. The largest absolute Gasteiger partial charge is 0.451 e. The minimum absolute atomic E-state index is 0.162. The molecule has 2 N–H and O–H groups in total. The molecule has 13 heteroatoms. The van der Waals surface area contributed by atoms with Crippen molar-refractivity contribution in [3.63, 3.8) is 0 Å². The second-order valence-electron chi connectivity index (χ2n) is 10.2. The zero-order chi connectivity index (χ0) is 28.8. The fourth-order valence-corrected chi connectivity index (χ4v) is 5.55. The number of carbonyl (C=O) groups is 1. The molecule has 2 aliphatic heterocycles. The lowest BCUT2D eigenvalue weighted by Crippen LogP contribution is -2.41. The van der Waals surface area contributed by atoms with Crippen molar-refractivity contribution in [1.82, 2.24) is 30.1 Å². The smallest absolute Gasteiger partial charge is 0.379 e. The Bertz CT molecular complexity index is 1330. The van der Waals surface area contributed by atoms with Crippen molar-refractivity contribution in [2.75, 3.05) is 64.3 Å². The number of alkyl halides is 3. The van der Waals surface area contributed by atoms with E-state index in [9.17, 15) is 18.0 Å². The lowest BCUT2D eigenvalue weighted by atomic mass is 10.0. The Morgan fingerprint density at radius 2 is 1.76 bits per heavy atom. The number of pyridine rings is 1. The number of nitrogens with one attached hydrogen (secondary N) is 2. The van der Waals surface area contributed by atoms with Crippen molar-refractivity contribution in [3.8, 4) is 0 Å². The highest BCUT2D eigenvalue weighted by molar-refractivity contribution is 6.35. The molecule has 0 bridgehead atoms.